The van der Waals surface area contributed by atoms with E-state index in [0.29, 0.717) is 5.92 Å². The molecule has 1 unspecified atom stereocenters. The highest BCUT2D eigenvalue weighted by Gasteiger charge is 2.41. The molecule has 1 aliphatic carbocycles. The van der Waals surface area contributed by atoms with Crippen molar-refractivity contribution < 1.29 is 4.39 Å². The molecule has 0 aliphatic heterocycles. The molecule has 0 amide bonds. The summed E-state index contributed by atoms with van der Waals surface area (Å²) in [7, 11) is 0. The second-order valence-corrected chi connectivity index (χ2v) is 7.10. The van der Waals surface area contributed by atoms with Crippen LogP contribution in [0.25, 0.3) is 0 Å². The van der Waals surface area contributed by atoms with Crippen LogP contribution in [0.3, 0.4) is 0 Å². The fourth-order valence-corrected chi connectivity index (χ4v) is 4.25. The van der Waals surface area contributed by atoms with E-state index in [1.54, 1.807) is 12.1 Å². The third-order valence-electron chi connectivity index (χ3n) is 4.94. The molecule has 0 radical (unpaired) electrons. The van der Waals surface area contributed by atoms with Crippen LogP contribution in [-0.4, -0.2) is 0 Å². The standard InChI is InChI=1S/C18H28FN/c1-12(2)11-18(7-5-6-8-18)17(20)16-13(3)9-15(19)10-14(16)4/h9-10,12,17H,5-8,11,20H2,1-4H3. The molecule has 1 nitrogen and oxygen atoms in total. The summed E-state index contributed by atoms with van der Waals surface area (Å²) in [6.45, 7) is 8.53. The lowest BCUT2D eigenvalue weighted by Crippen LogP contribution is -2.34. The molecule has 1 aromatic rings. The molecule has 1 aromatic carbocycles. The van der Waals surface area contributed by atoms with Crippen molar-refractivity contribution in [1.29, 1.82) is 0 Å². The molecule has 20 heavy (non-hydrogen) atoms. The van der Waals surface area contributed by atoms with Gasteiger partial charge in [0.1, 0.15) is 5.82 Å². The van der Waals surface area contributed by atoms with Crippen molar-refractivity contribution in [3.8, 4) is 0 Å². The minimum atomic E-state index is -0.153. The number of benzene rings is 1. The third kappa shape index (κ3) is 2.90. The zero-order chi connectivity index (χ0) is 14.9. The van der Waals surface area contributed by atoms with Crippen molar-refractivity contribution in [1.82, 2.24) is 0 Å². The maximum Gasteiger partial charge on any atom is 0.123 e. The van der Waals surface area contributed by atoms with Gasteiger partial charge in [-0.1, -0.05) is 26.7 Å². The summed E-state index contributed by atoms with van der Waals surface area (Å²) in [6.07, 6.45) is 6.15. The van der Waals surface area contributed by atoms with Gasteiger partial charge in [-0.25, -0.2) is 4.39 Å². The van der Waals surface area contributed by atoms with E-state index in [2.05, 4.69) is 13.8 Å². The van der Waals surface area contributed by atoms with Crippen molar-refractivity contribution in [2.45, 2.75) is 65.8 Å². The number of halogens is 1. The van der Waals surface area contributed by atoms with Gasteiger partial charge >= 0.3 is 0 Å². The van der Waals surface area contributed by atoms with E-state index in [4.69, 9.17) is 5.73 Å². The van der Waals surface area contributed by atoms with Crippen molar-refractivity contribution in [2.24, 2.45) is 17.1 Å². The quantitative estimate of drug-likeness (QED) is 0.819. The Morgan fingerprint density at radius 3 is 2.10 bits per heavy atom. The van der Waals surface area contributed by atoms with E-state index >= 15 is 0 Å². The zero-order valence-electron chi connectivity index (χ0n) is 13.3. The zero-order valence-corrected chi connectivity index (χ0v) is 13.3. The number of aryl methyl sites for hydroxylation is 2. The summed E-state index contributed by atoms with van der Waals surface area (Å²) in [4.78, 5) is 0. The first-order chi connectivity index (χ1) is 9.35. The Hall–Kier alpha value is -0.890. The van der Waals surface area contributed by atoms with E-state index < -0.39 is 0 Å². The van der Waals surface area contributed by atoms with Gasteiger partial charge in [-0.3, -0.25) is 0 Å². The average Bonchev–Trinajstić information content (AvgIpc) is 2.76. The van der Waals surface area contributed by atoms with Gasteiger partial charge in [0.05, 0.1) is 0 Å². The molecular weight excluding hydrogens is 249 g/mol. The monoisotopic (exact) mass is 277 g/mol. The van der Waals surface area contributed by atoms with E-state index in [0.717, 1.165) is 11.1 Å². The van der Waals surface area contributed by atoms with Crippen LogP contribution in [0.15, 0.2) is 12.1 Å². The Bertz CT molecular complexity index is 449. The predicted octanol–water partition coefficient (Wildman–Crippen LogP) is 5.05. The molecule has 1 atom stereocenters. The SMILES string of the molecule is Cc1cc(F)cc(C)c1C(N)C1(CC(C)C)CCCC1. The summed E-state index contributed by atoms with van der Waals surface area (Å²) in [5, 5.41) is 0. The Morgan fingerprint density at radius 1 is 1.15 bits per heavy atom. The van der Waals surface area contributed by atoms with Gasteiger partial charge < -0.3 is 5.73 Å². The summed E-state index contributed by atoms with van der Waals surface area (Å²) < 4.78 is 13.5. The highest BCUT2D eigenvalue weighted by molar-refractivity contribution is 5.38. The maximum atomic E-state index is 13.5. The lowest BCUT2D eigenvalue weighted by molar-refractivity contribution is 0.182. The second-order valence-electron chi connectivity index (χ2n) is 7.10. The normalized spacial score (nSPS) is 19.6. The van der Waals surface area contributed by atoms with E-state index in [9.17, 15) is 4.39 Å². The molecule has 112 valence electrons. The van der Waals surface area contributed by atoms with Gasteiger partial charge in [-0.2, -0.15) is 0 Å². The van der Waals surface area contributed by atoms with Gasteiger partial charge in [0.2, 0.25) is 0 Å². The molecule has 0 saturated heterocycles. The topological polar surface area (TPSA) is 26.0 Å². The van der Waals surface area contributed by atoms with Crippen LogP contribution in [0.4, 0.5) is 4.39 Å². The van der Waals surface area contributed by atoms with E-state index in [-0.39, 0.29) is 17.3 Å². The van der Waals surface area contributed by atoms with Crippen molar-refractivity contribution in [3.05, 3.63) is 34.6 Å². The Balaban J connectivity index is 2.40. The molecule has 2 heteroatoms. The number of hydrogen-bond donors (Lipinski definition) is 1. The summed E-state index contributed by atoms with van der Waals surface area (Å²) >= 11 is 0. The molecule has 2 N–H and O–H groups in total. The van der Waals surface area contributed by atoms with Gasteiger partial charge in [0.25, 0.3) is 0 Å². The summed E-state index contributed by atoms with van der Waals surface area (Å²) in [5.41, 5.74) is 10.1. The molecule has 0 bridgehead atoms. The average molecular weight is 277 g/mol. The van der Waals surface area contributed by atoms with Gasteiger partial charge in [0.15, 0.2) is 0 Å². The number of nitrogens with two attached hydrogens (primary N) is 1. The Kier molecular flexibility index (Phi) is 4.53. The third-order valence-corrected chi connectivity index (χ3v) is 4.94. The molecule has 0 aromatic heterocycles. The largest absolute Gasteiger partial charge is 0.323 e. The van der Waals surface area contributed by atoms with Crippen molar-refractivity contribution in [3.63, 3.8) is 0 Å². The molecular formula is C18H28FN. The molecule has 0 spiro atoms. The molecule has 0 heterocycles. The smallest absolute Gasteiger partial charge is 0.123 e. The fourth-order valence-electron chi connectivity index (χ4n) is 4.25. The lowest BCUT2D eigenvalue weighted by atomic mass is 9.69. The van der Waals surface area contributed by atoms with E-state index in [1.165, 1.54) is 37.7 Å². The highest BCUT2D eigenvalue weighted by atomic mass is 19.1. The summed E-state index contributed by atoms with van der Waals surface area (Å²) in [6, 6.07) is 3.29. The second kappa shape index (κ2) is 5.85. The number of rotatable bonds is 4. The van der Waals surface area contributed by atoms with Gasteiger partial charge in [0, 0.05) is 6.04 Å². The van der Waals surface area contributed by atoms with Crippen LogP contribution in [0.1, 0.15) is 68.7 Å². The molecule has 1 saturated carbocycles. The number of hydrogen-bond acceptors (Lipinski definition) is 1. The minimum Gasteiger partial charge on any atom is -0.323 e. The van der Waals surface area contributed by atoms with Crippen LogP contribution in [-0.2, 0) is 0 Å². The first kappa shape index (κ1) is 15.5. The Labute approximate surface area is 122 Å². The maximum absolute atomic E-state index is 13.5. The van der Waals surface area contributed by atoms with Crippen LogP contribution in [0, 0.1) is 31.0 Å². The lowest BCUT2D eigenvalue weighted by Gasteiger charge is -2.38. The van der Waals surface area contributed by atoms with Crippen LogP contribution < -0.4 is 5.73 Å². The molecule has 1 aliphatic rings. The Morgan fingerprint density at radius 2 is 1.65 bits per heavy atom. The molecule has 1 fully saturated rings. The first-order valence-electron chi connectivity index (χ1n) is 7.88. The van der Waals surface area contributed by atoms with Gasteiger partial charge in [-0.05, 0) is 73.3 Å². The van der Waals surface area contributed by atoms with Crippen LogP contribution >= 0.6 is 0 Å². The van der Waals surface area contributed by atoms with E-state index in [1.807, 2.05) is 13.8 Å². The molecule has 2 rings (SSSR count). The predicted molar refractivity (Wildman–Crippen MR) is 83.2 cm³/mol. The van der Waals surface area contributed by atoms with Gasteiger partial charge in [-0.15, -0.1) is 0 Å². The van der Waals surface area contributed by atoms with Crippen molar-refractivity contribution in [2.75, 3.05) is 0 Å². The van der Waals surface area contributed by atoms with Crippen molar-refractivity contribution >= 4 is 0 Å². The first-order valence-corrected chi connectivity index (χ1v) is 7.88. The fraction of sp³-hybridized carbons (Fsp3) is 0.667. The van der Waals surface area contributed by atoms with Crippen LogP contribution in [0.5, 0.6) is 0 Å². The highest BCUT2D eigenvalue weighted by Crippen LogP contribution is 2.51. The minimum absolute atomic E-state index is 0.0352. The van der Waals surface area contributed by atoms with Crippen LogP contribution in [0.2, 0.25) is 0 Å². The summed E-state index contributed by atoms with van der Waals surface area (Å²) in [5.74, 6) is 0.500.